The molecule has 0 saturated heterocycles. The first-order valence-electron chi connectivity index (χ1n) is 4.14. The summed E-state index contributed by atoms with van der Waals surface area (Å²) in [6.07, 6.45) is 2.17. The van der Waals surface area contributed by atoms with E-state index in [0.29, 0.717) is 6.54 Å². The summed E-state index contributed by atoms with van der Waals surface area (Å²) in [5.41, 5.74) is 6.88. The molecule has 3 heteroatoms. The summed E-state index contributed by atoms with van der Waals surface area (Å²) < 4.78 is 5.51. The lowest BCUT2D eigenvalue weighted by Crippen LogP contribution is -2.34. The van der Waals surface area contributed by atoms with E-state index in [-0.39, 0.29) is 5.60 Å². The summed E-state index contributed by atoms with van der Waals surface area (Å²) in [5.74, 6) is 0. The Labute approximate surface area is 76.3 Å². The second-order valence-electron chi connectivity index (χ2n) is 3.16. The SMILES string of the molecule is COC1(CN)CCc2sccc21. The Bertz CT molecular complexity index is 278. The highest BCUT2D eigenvalue weighted by atomic mass is 32.1. The Hall–Kier alpha value is -0.380. The molecule has 1 aliphatic rings. The Morgan fingerprint density at radius 1 is 1.75 bits per heavy atom. The van der Waals surface area contributed by atoms with Gasteiger partial charge < -0.3 is 10.5 Å². The first kappa shape index (κ1) is 8.23. The number of thiophene rings is 1. The van der Waals surface area contributed by atoms with Crippen LogP contribution in [0.1, 0.15) is 16.9 Å². The number of fused-ring (bicyclic) bond motifs is 1. The molecule has 2 nitrogen and oxygen atoms in total. The Morgan fingerprint density at radius 3 is 3.25 bits per heavy atom. The Kier molecular flexibility index (Phi) is 1.94. The van der Waals surface area contributed by atoms with Crippen molar-refractivity contribution in [3.8, 4) is 0 Å². The van der Waals surface area contributed by atoms with Gasteiger partial charge in [-0.15, -0.1) is 11.3 Å². The molecule has 1 aromatic rings. The van der Waals surface area contributed by atoms with E-state index in [4.69, 9.17) is 10.5 Å². The number of rotatable bonds is 2. The van der Waals surface area contributed by atoms with Crippen LogP contribution in [0.2, 0.25) is 0 Å². The molecule has 0 saturated carbocycles. The number of hydrogen-bond acceptors (Lipinski definition) is 3. The van der Waals surface area contributed by atoms with Crippen LogP contribution in [0.25, 0.3) is 0 Å². The minimum absolute atomic E-state index is 0.171. The highest BCUT2D eigenvalue weighted by Crippen LogP contribution is 2.41. The van der Waals surface area contributed by atoms with Crippen LogP contribution >= 0.6 is 11.3 Å². The molecule has 1 atom stereocenters. The monoisotopic (exact) mass is 183 g/mol. The molecule has 66 valence electrons. The zero-order valence-corrected chi connectivity index (χ0v) is 7.99. The van der Waals surface area contributed by atoms with E-state index in [1.807, 2.05) is 11.3 Å². The van der Waals surface area contributed by atoms with E-state index in [2.05, 4.69) is 11.4 Å². The molecule has 1 aromatic heterocycles. The lowest BCUT2D eigenvalue weighted by Gasteiger charge is -2.26. The Balaban J connectivity index is 2.42. The van der Waals surface area contributed by atoms with E-state index >= 15 is 0 Å². The maximum Gasteiger partial charge on any atom is 0.106 e. The largest absolute Gasteiger partial charge is 0.372 e. The zero-order valence-electron chi connectivity index (χ0n) is 7.17. The van der Waals surface area contributed by atoms with Gasteiger partial charge in [0.1, 0.15) is 5.60 Å². The van der Waals surface area contributed by atoms with Crippen LogP contribution in [0.15, 0.2) is 11.4 Å². The van der Waals surface area contributed by atoms with E-state index in [9.17, 15) is 0 Å². The number of hydrogen-bond donors (Lipinski definition) is 1. The van der Waals surface area contributed by atoms with Gasteiger partial charge in [-0.2, -0.15) is 0 Å². The van der Waals surface area contributed by atoms with Crippen LogP contribution in [0.4, 0.5) is 0 Å². The second kappa shape index (κ2) is 2.83. The van der Waals surface area contributed by atoms with Crippen molar-refractivity contribution in [3.63, 3.8) is 0 Å². The van der Waals surface area contributed by atoms with Crippen LogP contribution in [-0.2, 0) is 16.8 Å². The van der Waals surface area contributed by atoms with Crippen molar-refractivity contribution in [2.24, 2.45) is 5.73 Å². The van der Waals surface area contributed by atoms with Gasteiger partial charge in [-0.1, -0.05) is 0 Å². The van der Waals surface area contributed by atoms with Crippen molar-refractivity contribution >= 4 is 11.3 Å². The van der Waals surface area contributed by atoms with Crippen molar-refractivity contribution in [2.45, 2.75) is 18.4 Å². The normalized spacial score (nSPS) is 27.5. The molecule has 0 aliphatic heterocycles. The zero-order chi connectivity index (χ0) is 8.60. The van der Waals surface area contributed by atoms with Crippen molar-refractivity contribution in [3.05, 3.63) is 21.9 Å². The third-order valence-corrected chi connectivity index (χ3v) is 3.69. The fourth-order valence-corrected chi connectivity index (χ4v) is 2.87. The second-order valence-corrected chi connectivity index (χ2v) is 4.16. The minimum Gasteiger partial charge on any atom is -0.372 e. The van der Waals surface area contributed by atoms with Gasteiger partial charge in [0.2, 0.25) is 0 Å². The molecule has 2 N–H and O–H groups in total. The van der Waals surface area contributed by atoms with Crippen LogP contribution in [0, 0.1) is 0 Å². The predicted molar refractivity (Wildman–Crippen MR) is 50.4 cm³/mol. The summed E-state index contributed by atoms with van der Waals surface area (Å²) >= 11 is 1.81. The van der Waals surface area contributed by atoms with Gasteiger partial charge in [-0.25, -0.2) is 0 Å². The molecule has 1 heterocycles. The van der Waals surface area contributed by atoms with Gasteiger partial charge in [0.25, 0.3) is 0 Å². The molecule has 0 aromatic carbocycles. The van der Waals surface area contributed by atoms with Crippen molar-refractivity contribution in [1.29, 1.82) is 0 Å². The maximum absolute atomic E-state index is 5.73. The van der Waals surface area contributed by atoms with E-state index in [0.717, 1.165) is 12.8 Å². The molecule has 0 spiro atoms. The smallest absolute Gasteiger partial charge is 0.106 e. The molecule has 2 rings (SSSR count). The highest BCUT2D eigenvalue weighted by Gasteiger charge is 2.38. The van der Waals surface area contributed by atoms with Gasteiger partial charge in [0, 0.05) is 18.5 Å². The van der Waals surface area contributed by atoms with Crippen molar-refractivity contribution < 1.29 is 4.74 Å². The molecule has 12 heavy (non-hydrogen) atoms. The summed E-state index contributed by atoms with van der Waals surface area (Å²) in [6.45, 7) is 0.591. The van der Waals surface area contributed by atoms with Gasteiger partial charge in [-0.3, -0.25) is 0 Å². The van der Waals surface area contributed by atoms with Crippen molar-refractivity contribution in [2.75, 3.05) is 13.7 Å². The fourth-order valence-electron chi connectivity index (χ4n) is 1.90. The molecule has 0 amide bonds. The number of nitrogens with two attached hydrogens (primary N) is 1. The summed E-state index contributed by atoms with van der Waals surface area (Å²) in [6, 6.07) is 2.14. The van der Waals surface area contributed by atoms with Gasteiger partial charge in [-0.05, 0) is 29.9 Å². The topological polar surface area (TPSA) is 35.2 Å². The number of methoxy groups -OCH3 is 1. The molecule has 0 fully saturated rings. The quantitative estimate of drug-likeness (QED) is 0.754. The third kappa shape index (κ3) is 0.937. The van der Waals surface area contributed by atoms with Gasteiger partial charge >= 0.3 is 0 Å². The lowest BCUT2D eigenvalue weighted by atomic mass is 9.98. The molecule has 1 aliphatic carbocycles. The van der Waals surface area contributed by atoms with Gasteiger partial charge in [0.15, 0.2) is 0 Å². The minimum atomic E-state index is -0.171. The lowest BCUT2D eigenvalue weighted by molar-refractivity contribution is -0.00507. The van der Waals surface area contributed by atoms with Crippen LogP contribution in [0.3, 0.4) is 0 Å². The van der Waals surface area contributed by atoms with E-state index in [1.165, 1.54) is 10.4 Å². The maximum atomic E-state index is 5.73. The predicted octanol–water partition coefficient (Wildman–Crippen LogP) is 1.49. The molecular formula is C9H13NOS. The van der Waals surface area contributed by atoms with E-state index in [1.54, 1.807) is 7.11 Å². The molecule has 1 unspecified atom stereocenters. The summed E-state index contributed by atoms with van der Waals surface area (Å²) in [4.78, 5) is 1.45. The highest BCUT2D eigenvalue weighted by molar-refractivity contribution is 7.10. The summed E-state index contributed by atoms with van der Waals surface area (Å²) in [7, 11) is 1.75. The van der Waals surface area contributed by atoms with Crippen molar-refractivity contribution in [1.82, 2.24) is 0 Å². The fraction of sp³-hybridized carbons (Fsp3) is 0.556. The van der Waals surface area contributed by atoms with Gasteiger partial charge in [0.05, 0.1) is 0 Å². The van der Waals surface area contributed by atoms with Crippen LogP contribution in [-0.4, -0.2) is 13.7 Å². The first-order chi connectivity index (χ1) is 5.82. The molecule has 0 bridgehead atoms. The number of aryl methyl sites for hydroxylation is 1. The first-order valence-corrected chi connectivity index (χ1v) is 5.02. The van der Waals surface area contributed by atoms with Crippen LogP contribution in [0.5, 0.6) is 0 Å². The van der Waals surface area contributed by atoms with E-state index < -0.39 is 0 Å². The molecular weight excluding hydrogens is 170 g/mol. The standard InChI is InChI=1S/C9H13NOS/c1-11-9(6-10)4-2-8-7(9)3-5-12-8/h3,5H,2,4,6,10H2,1H3. The molecule has 0 radical (unpaired) electrons. The third-order valence-electron chi connectivity index (χ3n) is 2.71. The average Bonchev–Trinajstić information content (AvgIpc) is 2.64. The number of ether oxygens (including phenoxy) is 1. The van der Waals surface area contributed by atoms with Crippen LogP contribution < -0.4 is 5.73 Å². The average molecular weight is 183 g/mol. The summed E-state index contributed by atoms with van der Waals surface area (Å²) in [5, 5.41) is 2.12. The Morgan fingerprint density at radius 2 is 2.58 bits per heavy atom.